The van der Waals surface area contributed by atoms with Gasteiger partial charge in [-0.2, -0.15) is 11.8 Å². The molecule has 3 fully saturated rings. The maximum atomic E-state index is 3.80. The van der Waals surface area contributed by atoms with Gasteiger partial charge in [-0.15, -0.1) is 0 Å². The van der Waals surface area contributed by atoms with E-state index in [4.69, 9.17) is 0 Å². The van der Waals surface area contributed by atoms with E-state index in [1.54, 1.807) is 0 Å². The first-order valence-corrected chi connectivity index (χ1v) is 8.55. The molecule has 3 rings (SSSR count). The van der Waals surface area contributed by atoms with Crippen LogP contribution in [0.4, 0.5) is 0 Å². The Labute approximate surface area is 110 Å². The van der Waals surface area contributed by atoms with Crippen LogP contribution >= 0.6 is 11.8 Å². The van der Waals surface area contributed by atoms with Gasteiger partial charge in [0.2, 0.25) is 0 Å². The predicted octanol–water partition coefficient (Wildman–Crippen LogP) is 2.35. The first-order chi connectivity index (χ1) is 8.36. The van der Waals surface area contributed by atoms with Crippen LogP contribution in [0.3, 0.4) is 0 Å². The van der Waals surface area contributed by atoms with E-state index < -0.39 is 0 Å². The monoisotopic (exact) mass is 254 g/mol. The zero-order chi connectivity index (χ0) is 11.6. The molecule has 3 aliphatic rings. The minimum Gasteiger partial charge on any atom is -0.313 e. The topological polar surface area (TPSA) is 15.3 Å². The number of nitrogens with zero attached hydrogens (tertiary/aromatic N) is 1. The van der Waals surface area contributed by atoms with Crippen molar-refractivity contribution in [2.24, 2.45) is 5.41 Å². The zero-order valence-electron chi connectivity index (χ0n) is 10.9. The van der Waals surface area contributed by atoms with Gasteiger partial charge in [0.25, 0.3) is 0 Å². The zero-order valence-corrected chi connectivity index (χ0v) is 11.7. The van der Waals surface area contributed by atoms with Gasteiger partial charge in [0.1, 0.15) is 0 Å². The number of nitrogens with one attached hydrogen (secondary N) is 1. The maximum absolute atomic E-state index is 3.80. The van der Waals surface area contributed by atoms with Gasteiger partial charge < -0.3 is 10.2 Å². The minimum atomic E-state index is 0.630. The van der Waals surface area contributed by atoms with Crippen molar-refractivity contribution in [3.05, 3.63) is 0 Å². The molecule has 0 aromatic heterocycles. The van der Waals surface area contributed by atoms with Crippen molar-refractivity contribution >= 4 is 11.8 Å². The molecule has 1 heterocycles. The molecule has 0 unspecified atom stereocenters. The van der Waals surface area contributed by atoms with E-state index in [1.807, 2.05) is 0 Å². The Kier molecular flexibility index (Phi) is 3.98. The van der Waals surface area contributed by atoms with Crippen molar-refractivity contribution in [1.29, 1.82) is 0 Å². The summed E-state index contributed by atoms with van der Waals surface area (Å²) < 4.78 is 0. The molecule has 1 N–H and O–H groups in total. The Balaban J connectivity index is 1.53. The number of thioether (sulfide) groups is 1. The molecule has 0 spiro atoms. The van der Waals surface area contributed by atoms with Gasteiger partial charge in [0, 0.05) is 43.7 Å². The summed E-state index contributed by atoms with van der Waals surface area (Å²) in [5.41, 5.74) is 0.630. The van der Waals surface area contributed by atoms with Crippen LogP contribution in [0, 0.1) is 5.41 Å². The number of rotatable bonds is 5. The molecule has 0 bridgehead atoms. The lowest BCUT2D eigenvalue weighted by Gasteiger charge is -2.37. The summed E-state index contributed by atoms with van der Waals surface area (Å²) in [5, 5.41) is 3.80. The molecule has 98 valence electrons. The highest BCUT2D eigenvalue weighted by Crippen LogP contribution is 2.39. The molecule has 0 radical (unpaired) electrons. The highest BCUT2D eigenvalue weighted by molar-refractivity contribution is 7.99. The van der Waals surface area contributed by atoms with E-state index in [0.717, 1.165) is 6.04 Å². The molecule has 0 aromatic rings. The van der Waals surface area contributed by atoms with Crippen molar-refractivity contribution in [3.63, 3.8) is 0 Å². The van der Waals surface area contributed by atoms with Gasteiger partial charge in [-0.3, -0.25) is 0 Å². The summed E-state index contributed by atoms with van der Waals surface area (Å²) in [5.74, 6) is 2.71. The normalized spacial score (nSPS) is 29.6. The van der Waals surface area contributed by atoms with Crippen LogP contribution in [-0.4, -0.2) is 48.6 Å². The second kappa shape index (κ2) is 5.50. The molecular formula is C14H26N2S. The fourth-order valence-corrected chi connectivity index (χ4v) is 4.38. The predicted molar refractivity (Wildman–Crippen MR) is 75.7 cm³/mol. The van der Waals surface area contributed by atoms with Gasteiger partial charge in [-0.25, -0.2) is 0 Å². The lowest BCUT2D eigenvalue weighted by molar-refractivity contribution is 0.158. The fourth-order valence-electron chi connectivity index (χ4n) is 3.40. The van der Waals surface area contributed by atoms with Crippen molar-refractivity contribution in [1.82, 2.24) is 10.2 Å². The van der Waals surface area contributed by atoms with Crippen molar-refractivity contribution in [2.75, 3.05) is 37.7 Å². The summed E-state index contributed by atoms with van der Waals surface area (Å²) in [6, 6.07) is 0.879. The number of hydrogen-bond donors (Lipinski definition) is 1. The van der Waals surface area contributed by atoms with E-state index >= 15 is 0 Å². The summed E-state index contributed by atoms with van der Waals surface area (Å²) in [7, 11) is 0. The number of hydrogen-bond acceptors (Lipinski definition) is 3. The van der Waals surface area contributed by atoms with Crippen molar-refractivity contribution in [2.45, 2.75) is 44.6 Å². The highest BCUT2D eigenvalue weighted by atomic mass is 32.2. The smallest absolute Gasteiger partial charge is 0.00729 e. The van der Waals surface area contributed by atoms with Gasteiger partial charge >= 0.3 is 0 Å². The quantitative estimate of drug-likeness (QED) is 0.811. The van der Waals surface area contributed by atoms with E-state index in [2.05, 4.69) is 22.0 Å². The van der Waals surface area contributed by atoms with E-state index in [1.165, 1.54) is 76.2 Å². The van der Waals surface area contributed by atoms with Crippen molar-refractivity contribution in [3.8, 4) is 0 Å². The van der Waals surface area contributed by atoms with Crippen LogP contribution in [0.1, 0.15) is 38.5 Å². The summed E-state index contributed by atoms with van der Waals surface area (Å²) in [4.78, 5) is 2.73. The largest absolute Gasteiger partial charge is 0.313 e. The van der Waals surface area contributed by atoms with Crippen LogP contribution < -0.4 is 5.32 Å². The van der Waals surface area contributed by atoms with Crippen molar-refractivity contribution < 1.29 is 0 Å². The summed E-state index contributed by atoms with van der Waals surface area (Å²) >= 11 is 2.13. The maximum Gasteiger partial charge on any atom is 0.00729 e. The molecule has 1 saturated heterocycles. The third-order valence-electron chi connectivity index (χ3n) is 4.67. The third kappa shape index (κ3) is 3.39. The molecule has 0 atom stereocenters. The fraction of sp³-hybridized carbons (Fsp3) is 1.00. The summed E-state index contributed by atoms with van der Waals surface area (Å²) in [6.07, 6.45) is 8.73. The Morgan fingerprint density at radius 2 is 1.82 bits per heavy atom. The minimum absolute atomic E-state index is 0.630. The molecule has 17 heavy (non-hydrogen) atoms. The SMILES string of the molecule is C1CCC(CNC2CC2)(CN2CCSCC2)C1. The molecule has 2 saturated carbocycles. The average Bonchev–Trinajstić information content (AvgIpc) is 3.09. The second-order valence-corrected chi connectivity index (χ2v) is 7.48. The van der Waals surface area contributed by atoms with Crippen LogP contribution in [0.15, 0.2) is 0 Å². The van der Waals surface area contributed by atoms with Gasteiger partial charge in [0.15, 0.2) is 0 Å². The second-order valence-electron chi connectivity index (χ2n) is 6.25. The van der Waals surface area contributed by atoms with Crippen LogP contribution in [0.2, 0.25) is 0 Å². The first kappa shape index (κ1) is 12.3. The molecule has 1 aliphatic heterocycles. The lowest BCUT2D eigenvalue weighted by Crippen LogP contribution is -2.45. The standard InChI is InChI=1S/C14H26N2S/c1-2-6-14(5-1,11-15-13-3-4-13)12-16-7-9-17-10-8-16/h13,15H,1-12H2. The molecular weight excluding hydrogens is 228 g/mol. The Bertz CT molecular complexity index is 241. The van der Waals surface area contributed by atoms with Gasteiger partial charge in [-0.05, 0) is 31.1 Å². The average molecular weight is 254 g/mol. The van der Waals surface area contributed by atoms with Crippen LogP contribution in [-0.2, 0) is 0 Å². The lowest BCUT2D eigenvalue weighted by atomic mass is 9.85. The molecule has 0 amide bonds. The third-order valence-corrected chi connectivity index (χ3v) is 5.61. The van der Waals surface area contributed by atoms with Crippen LogP contribution in [0.5, 0.6) is 0 Å². The Hall–Kier alpha value is 0.270. The Morgan fingerprint density at radius 3 is 2.47 bits per heavy atom. The van der Waals surface area contributed by atoms with E-state index in [-0.39, 0.29) is 0 Å². The molecule has 0 aromatic carbocycles. The van der Waals surface area contributed by atoms with Crippen LogP contribution in [0.25, 0.3) is 0 Å². The highest BCUT2D eigenvalue weighted by Gasteiger charge is 2.37. The molecule has 2 aliphatic carbocycles. The molecule has 2 nitrogen and oxygen atoms in total. The van der Waals surface area contributed by atoms with Gasteiger partial charge in [-0.1, -0.05) is 12.8 Å². The first-order valence-electron chi connectivity index (χ1n) is 7.40. The van der Waals surface area contributed by atoms with E-state index in [9.17, 15) is 0 Å². The van der Waals surface area contributed by atoms with Gasteiger partial charge in [0.05, 0.1) is 0 Å². The molecule has 3 heteroatoms. The van der Waals surface area contributed by atoms with E-state index in [0.29, 0.717) is 5.41 Å². The Morgan fingerprint density at radius 1 is 1.12 bits per heavy atom. The summed E-state index contributed by atoms with van der Waals surface area (Å²) in [6.45, 7) is 5.32.